The number of ether oxygens (including phenoxy) is 1. The van der Waals surface area contributed by atoms with Gasteiger partial charge < -0.3 is 10.1 Å². The number of nitrogens with zero attached hydrogens (tertiary/aromatic N) is 2. The van der Waals surface area contributed by atoms with Crippen molar-refractivity contribution in [1.29, 1.82) is 0 Å². The number of hydrogen-bond acceptors (Lipinski definition) is 5. The molecule has 0 unspecified atom stereocenters. The van der Waals surface area contributed by atoms with Crippen LogP contribution in [0.2, 0.25) is 0 Å². The van der Waals surface area contributed by atoms with Gasteiger partial charge >= 0.3 is 6.09 Å². The summed E-state index contributed by atoms with van der Waals surface area (Å²) in [5, 5.41) is 4.17. The van der Waals surface area contributed by atoms with E-state index in [9.17, 15) is 14.0 Å². The number of aromatic nitrogens is 1. The Kier molecular flexibility index (Phi) is 4.49. The van der Waals surface area contributed by atoms with Gasteiger partial charge in [-0.2, -0.15) is 4.98 Å². The Labute approximate surface area is 124 Å². The number of benzene rings is 1. The highest BCUT2D eigenvalue weighted by Crippen LogP contribution is 2.25. The highest BCUT2D eigenvalue weighted by molar-refractivity contribution is 7.14. The van der Waals surface area contributed by atoms with Crippen molar-refractivity contribution in [2.75, 3.05) is 19.0 Å². The molecule has 0 aliphatic heterocycles. The van der Waals surface area contributed by atoms with Crippen LogP contribution in [0.15, 0.2) is 29.6 Å². The van der Waals surface area contributed by atoms with E-state index in [-0.39, 0.29) is 11.8 Å². The molecule has 1 heterocycles. The number of halogens is 1. The number of rotatable bonds is 3. The van der Waals surface area contributed by atoms with Crippen LogP contribution >= 0.6 is 11.3 Å². The molecular weight excluding hydrogens is 297 g/mol. The van der Waals surface area contributed by atoms with Crippen molar-refractivity contribution < 1.29 is 18.7 Å². The quantitative estimate of drug-likeness (QED) is 0.944. The fourth-order valence-corrected chi connectivity index (χ4v) is 2.16. The maximum absolute atomic E-state index is 12.8. The molecule has 0 fully saturated rings. The van der Waals surface area contributed by atoms with Crippen molar-refractivity contribution in [3.8, 4) is 5.88 Å². The lowest BCUT2D eigenvalue weighted by molar-refractivity contribution is 0.0993. The normalized spacial score (nSPS) is 10.0. The van der Waals surface area contributed by atoms with Crippen LogP contribution in [0.4, 0.5) is 14.3 Å². The van der Waals surface area contributed by atoms with Gasteiger partial charge in [-0.25, -0.2) is 9.18 Å². The van der Waals surface area contributed by atoms with Gasteiger partial charge in [-0.05, 0) is 24.3 Å². The van der Waals surface area contributed by atoms with E-state index in [2.05, 4.69) is 10.3 Å². The fourth-order valence-electron chi connectivity index (χ4n) is 1.47. The zero-order valence-corrected chi connectivity index (χ0v) is 12.1. The van der Waals surface area contributed by atoms with E-state index in [1.54, 1.807) is 0 Å². The van der Waals surface area contributed by atoms with Crippen LogP contribution in [0.5, 0.6) is 5.88 Å². The second kappa shape index (κ2) is 6.31. The molecule has 2 aromatic rings. The summed E-state index contributed by atoms with van der Waals surface area (Å²) in [5.41, 5.74) is 0.336. The third kappa shape index (κ3) is 3.54. The molecule has 2 rings (SSSR count). The van der Waals surface area contributed by atoms with Gasteiger partial charge in [0.25, 0.3) is 5.91 Å². The number of carbonyl (C=O) groups excluding carboxylic acids is 2. The van der Waals surface area contributed by atoms with Gasteiger partial charge in [-0.15, -0.1) is 11.3 Å². The summed E-state index contributed by atoms with van der Waals surface area (Å²) in [6.07, 6.45) is -0.639. The predicted octanol–water partition coefficient (Wildman–Crippen LogP) is 2.28. The molecule has 0 spiro atoms. The summed E-state index contributed by atoms with van der Waals surface area (Å²) in [4.78, 5) is 28.6. The van der Waals surface area contributed by atoms with Gasteiger partial charge in [-0.1, -0.05) is 0 Å². The average Bonchev–Trinajstić information content (AvgIpc) is 2.94. The van der Waals surface area contributed by atoms with E-state index < -0.39 is 11.9 Å². The van der Waals surface area contributed by atoms with Crippen LogP contribution in [-0.2, 0) is 0 Å². The number of thiazole rings is 1. The lowest BCUT2D eigenvalue weighted by Gasteiger charge is -2.13. The van der Waals surface area contributed by atoms with Crippen LogP contribution < -0.4 is 15.0 Å². The summed E-state index contributed by atoms with van der Waals surface area (Å²) < 4.78 is 17.7. The maximum Gasteiger partial charge on any atom is 0.413 e. The number of anilines is 1. The third-order valence-corrected chi connectivity index (χ3v) is 3.45. The first-order valence-electron chi connectivity index (χ1n) is 5.90. The van der Waals surface area contributed by atoms with Gasteiger partial charge in [-0.3, -0.25) is 9.69 Å². The second-order valence-corrected chi connectivity index (χ2v) is 4.82. The standard InChI is InChI=1S/C13H12FN3O3S/c1-15-13(19)20-10-7-21-12(16-10)17(2)11(18)8-3-5-9(14)6-4-8/h3-7H,1-2H3,(H,15,19). The number of nitrogens with one attached hydrogen (secondary N) is 1. The Morgan fingerprint density at radius 3 is 2.62 bits per heavy atom. The van der Waals surface area contributed by atoms with E-state index in [4.69, 9.17) is 4.74 Å². The number of hydrogen-bond donors (Lipinski definition) is 1. The van der Waals surface area contributed by atoms with E-state index in [0.29, 0.717) is 10.7 Å². The van der Waals surface area contributed by atoms with Crippen LogP contribution in [-0.4, -0.2) is 31.1 Å². The summed E-state index contributed by atoms with van der Waals surface area (Å²) in [7, 11) is 2.97. The van der Waals surface area contributed by atoms with Gasteiger partial charge in [0.2, 0.25) is 5.88 Å². The molecule has 110 valence electrons. The molecule has 0 saturated carbocycles. The summed E-state index contributed by atoms with van der Waals surface area (Å²) in [5.74, 6) is -0.645. The highest BCUT2D eigenvalue weighted by atomic mass is 32.1. The zero-order chi connectivity index (χ0) is 15.4. The molecular formula is C13H12FN3O3S. The molecule has 1 aromatic carbocycles. The van der Waals surface area contributed by atoms with Gasteiger partial charge in [0.15, 0.2) is 5.13 Å². The SMILES string of the molecule is CNC(=O)Oc1csc(N(C)C(=O)c2ccc(F)cc2)n1. The van der Waals surface area contributed by atoms with Crippen LogP contribution in [0.1, 0.15) is 10.4 Å². The van der Waals surface area contributed by atoms with Crippen molar-refractivity contribution in [2.45, 2.75) is 0 Å². The van der Waals surface area contributed by atoms with Crippen molar-refractivity contribution in [3.05, 3.63) is 41.0 Å². The molecule has 8 heteroatoms. The van der Waals surface area contributed by atoms with Crippen LogP contribution in [0, 0.1) is 5.82 Å². The molecule has 0 saturated heterocycles. The Morgan fingerprint density at radius 1 is 1.33 bits per heavy atom. The summed E-state index contributed by atoms with van der Waals surface area (Å²) >= 11 is 1.15. The van der Waals surface area contributed by atoms with Crippen LogP contribution in [0.25, 0.3) is 0 Å². The monoisotopic (exact) mass is 309 g/mol. The minimum atomic E-state index is -0.639. The fraction of sp³-hybridized carbons (Fsp3) is 0.154. The second-order valence-electron chi connectivity index (χ2n) is 3.98. The van der Waals surface area contributed by atoms with Crippen LogP contribution in [0.3, 0.4) is 0 Å². The third-order valence-electron chi connectivity index (χ3n) is 2.56. The smallest absolute Gasteiger partial charge is 0.390 e. The van der Waals surface area contributed by atoms with Gasteiger partial charge in [0.1, 0.15) is 5.82 Å². The first-order chi connectivity index (χ1) is 10.0. The topological polar surface area (TPSA) is 71.5 Å². The van der Waals surface area contributed by atoms with E-state index in [0.717, 1.165) is 11.3 Å². The molecule has 0 atom stereocenters. The lowest BCUT2D eigenvalue weighted by Crippen LogP contribution is -2.26. The average molecular weight is 309 g/mol. The Bertz CT molecular complexity index is 657. The Morgan fingerprint density at radius 2 is 2.00 bits per heavy atom. The molecule has 21 heavy (non-hydrogen) atoms. The largest absolute Gasteiger partial charge is 0.413 e. The minimum absolute atomic E-state index is 0.105. The highest BCUT2D eigenvalue weighted by Gasteiger charge is 2.17. The molecule has 6 nitrogen and oxygen atoms in total. The minimum Gasteiger partial charge on any atom is -0.390 e. The molecule has 0 radical (unpaired) electrons. The van der Waals surface area contributed by atoms with Crippen molar-refractivity contribution in [1.82, 2.24) is 10.3 Å². The van der Waals surface area contributed by atoms with Crippen molar-refractivity contribution in [3.63, 3.8) is 0 Å². The molecule has 2 amide bonds. The van der Waals surface area contributed by atoms with Crippen molar-refractivity contribution in [2.24, 2.45) is 0 Å². The Hall–Kier alpha value is -2.48. The first-order valence-corrected chi connectivity index (χ1v) is 6.78. The van der Waals surface area contributed by atoms with E-state index in [1.807, 2.05) is 0 Å². The molecule has 0 aliphatic carbocycles. The zero-order valence-electron chi connectivity index (χ0n) is 11.3. The van der Waals surface area contributed by atoms with Gasteiger partial charge in [0, 0.05) is 19.7 Å². The molecule has 1 aromatic heterocycles. The summed E-state index contributed by atoms with van der Waals surface area (Å²) in [6, 6.07) is 5.21. The molecule has 1 N–H and O–H groups in total. The van der Waals surface area contributed by atoms with Gasteiger partial charge in [0.05, 0.1) is 5.38 Å². The molecule has 0 bridgehead atoms. The lowest BCUT2D eigenvalue weighted by atomic mass is 10.2. The Balaban J connectivity index is 2.12. The number of carbonyl (C=O) groups is 2. The predicted molar refractivity (Wildman–Crippen MR) is 76.3 cm³/mol. The maximum atomic E-state index is 12.8. The van der Waals surface area contributed by atoms with E-state index >= 15 is 0 Å². The molecule has 0 aliphatic rings. The van der Waals surface area contributed by atoms with E-state index in [1.165, 1.54) is 48.6 Å². The number of amides is 2. The summed E-state index contributed by atoms with van der Waals surface area (Å²) in [6.45, 7) is 0. The first kappa shape index (κ1) is 14.9. The van der Waals surface area contributed by atoms with Crippen molar-refractivity contribution >= 4 is 28.5 Å².